The SMILES string of the molecule is CC1(C)OB(C2=CCN(C#N)CC2)OC1(C)C. The summed E-state index contributed by atoms with van der Waals surface area (Å²) in [6.45, 7) is 9.63. The summed E-state index contributed by atoms with van der Waals surface area (Å²) in [5, 5.41) is 8.79. The standard InChI is InChI=1S/C12H19BN2O2/c1-11(2)12(3,4)17-13(16-11)10-5-7-15(9-14)8-6-10/h5H,6-8H2,1-4H3. The predicted molar refractivity (Wildman–Crippen MR) is 66.0 cm³/mol. The number of hydrogen-bond donors (Lipinski definition) is 0. The molecule has 0 spiro atoms. The average Bonchev–Trinajstić information content (AvgIpc) is 2.48. The van der Waals surface area contributed by atoms with Crippen molar-refractivity contribution in [2.24, 2.45) is 0 Å². The summed E-state index contributed by atoms with van der Waals surface area (Å²) in [6.07, 6.45) is 5.04. The van der Waals surface area contributed by atoms with E-state index in [-0.39, 0.29) is 18.3 Å². The molecule has 0 N–H and O–H groups in total. The smallest absolute Gasteiger partial charge is 0.400 e. The fourth-order valence-electron chi connectivity index (χ4n) is 1.98. The molecule has 2 heterocycles. The molecule has 0 unspecified atom stereocenters. The lowest BCUT2D eigenvalue weighted by atomic mass is 9.75. The van der Waals surface area contributed by atoms with Gasteiger partial charge in [-0.3, -0.25) is 0 Å². The predicted octanol–water partition coefficient (Wildman–Crippen LogP) is 1.73. The Kier molecular flexibility index (Phi) is 2.96. The molecule has 92 valence electrons. The van der Waals surface area contributed by atoms with Gasteiger partial charge in [0.15, 0.2) is 6.19 Å². The van der Waals surface area contributed by atoms with Crippen molar-refractivity contribution in [2.75, 3.05) is 13.1 Å². The quantitative estimate of drug-likeness (QED) is 0.512. The van der Waals surface area contributed by atoms with Gasteiger partial charge < -0.3 is 14.2 Å². The Morgan fingerprint density at radius 2 is 1.88 bits per heavy atom. The Balaban J connectivity index is 2.08. The number of nitriles is 1. The van der Waals surface area contributed by atoms with E-state index in [1.165, 1.54) is 0 Å². The van der Waals surface area contributed by atoms with Crippen molar-refractivity contribution in [1.82, 2.24) is 4.90 Å². The average molecular weight is 234 g/mol. The number of rotatable bonds is 1. The Bertz CT molecular complexity index is 368. The largest absolute Gasteiger partial charge is 0.490 e. The molecule has 0 saturated carbocycles. The van der Waals surface area contributed by atoms with Gasteiger partial charge in [-0.05, 0) is 39.6 Å². The van der Waals surface area contributed by atoms with Crippen molar-refractivity contribution in [3.05, 3.63) is 11.5 Å². The zero-order valence-electron chi connectivity index (χ0n) is 11.0. The van der Waals surface area contributed by atoms with Crippen molar-refractivity contribution in [2.45, 2.75) is 45.3 Å². The maximum absolute atomic E-state index is 8.79. The highest BCUT2D eigenvalue weighted by Gasteiger charge is 2.52. The highest BCUT2D eigenvalue weighted by Crippen LogP contribution is 2.39. The lowest BCUT2D eigenvalue weighted by Gasteiger charge is -2.32. The van der Waals surface area contributed by atoms with E-state index >= 15 is 0 Å². The van der Waals surface area contributed by atoms with Crippen LogP contribution in [0.25, 0.3) is 0 Å². The highest BCUT2D eigenvalue weighted by atomic mass is 16.7. The van der Waals surface area contributed by atoms with Crippen LogP contribution in [-0.2, 0) is 9.31 Å². The van der Waals surface area contributed by atoms with E-state index in [2.05, 4.69) is 40.0 Å². The van der Waals surface area contributed by atoms with Gasteiger partial charge in [0, 0.05) is 13.1 Å². The molecular weight excluding hydrogens is 215 g/mol. The fourth-order valence-corrected chi connectivity index (χ4v) is 1.98. The van der Waals surface area contributed by atoms with E-state index in [1.807, 2.05) is 0 Å². The molecule has 2 rings (SSSR count). The van der Waals surface area contributed by atoms with E-state index in [9.17, 15) is 0 Å². The molecule has 0 aromatic heterocycles. The minimum absolute atomic E-state index is 0.249. The Labute approximate surface area is 103 Å². The summed E-state index contributed by atoms with van der Waals surface area (Å²) < 4.78 is 12.0. The van der Waals surface area contributed by atoms with Crippen LogP contribution >= 0.6 is 0 Å². The number of hydrogen-bond acceptors (Lipinski definition) is 4. The molecule has 0 atom stereocenters. The van der Waals surface area contributed by atoms with E-state index in [1.54, 1.807) is 4.90 Å². The lowest BCUT2D eigenvalue weighted by Crippen LogP contribution is -2.41. The lowest BCUT2D eigenvalue weighted by molar-refractivity contribution is 0.00578. The summed E-state index contributed by atoms with van der Waals surface area (Å²) in [5.41, 5.74) is 0.589. The van der Waals surface area contributed by atoms with Gasteiger partial charge in [0.05, 0.1) is 11.2 Å². The maximum atomic E-state index is 8.79. The Morgan fingerprint density at radius 1 is 1.29 bits per heavy atom. The molecule has 2 aliphatic heterocycles. The van der Waals surface area contributed by atoms with E-state index in [0.29, 0.717) is 6.54 Å². The van der Waals surface area contributed by atoms with Crippen LogP contribution in [0.5, 0.6) is 0 Å². The molecule has 17 heavy (non-hydrogen) atoms. The molecule has 1 saturated heterocycles. The Morgan fingerprint density at radius 3 is 2.29 bits per heavy atom. The van der Waals surface area contributed by atoms with Gasteiger partial charge in [0.25, 0.3) is 0 Å². The molecule has 4 nitrogen and oxygen atoms in total. The van der Waals surface area contributed by atoms with E-state index in [4.69, 9.17) is 14.6 Å². The first-order valence-electron chi connectivity index (χ1n) is 6.05. The molecule has 0 bridgehead atoms. The zero-order valence-corrected chi connectivity index (χ0v) is 11.0. The van der Waals surface area contributed by atoms with Gasteiger partial charge in [-0.1, -0.05) is 6.08 Å². The van der Waals surface area contributed by atoms with Crippen molar-refractivity contribution in [1.29, 1.82) is 5.26 Å². The van der Waals surface area contributed by atoms with Crippen LogP contribution in [0.2, 0.25) is 0 Å². The van der Waals surface area contributed by atoms with Crippen molar-refractivity contribution < 1.29 is 9.31 Å². The molecule has 0 amide bonds. The second-order valence-electron chi connectivity index (χ2n) is 5.66. The van der Waals surface area contributed by atoms with Gasteiger partial charge in [-0.2, -0.15) is 5.26 Å². The van der Waals surface area contributed by atoms with Crippen LogP contribution in [0.3, 0.4) is 0 Å². The van der Waals surface area contributed by atoms with Gasteiger partial charge in [0.2, 0.25) is 0 Å². The fraction of sp³-hybridized carbons (Fsp3) is 0.750. The summed E-state index contributed by atoms with van der Waals surface area (Å²) in [7, 11) is -0.249. The van der Waals surface area contributed by atoms with Crippen LogP contribution in [0.4, 0.5) is 0 Å². The van der Waals surface area contributed by atoms with Crippen molar-refractivity contribution in [3.63, 3.8) is 0 Å². The van der Waals surface area contributed by atoms with Crippen LogP contribution in [0.1, 0.15) is 34.1 Å². The highest BCUT2D eigenvalue weighted by molar-refractivity contribution is 6.54. The Hall–Kier alpha value is -0.985. The first kappa shape index (κ1) is 12.5. The first-order chi connectivity index (χ1) is 7.86. The van der Waals surface area contributed by atoms with Crippen LogP contribution in [-0.4, -0.2) is 36.3 Å². The van der Waals surface area contributed by atoms with Crippen molar-refractivity contribution >= 4 is 7.12 Å². The van der Waals surface area contributed by atoms with Crippen LogP contribution < -0.4 is 0 Å². The van der Waals surface area contributed by atoms with Gasteiger partial charge >= 0.3 is 7.12 Å². The topological polar surface area (TPSA) is 45.5 Å². The van der Waals surface area contributed by atoms with Crippen molar-refractivity contribution in [3.8, 4) is 6.19 Å². The number of nitrogens with zero attached hydrogens (tertiary/aromatic N) is 2. The molecule has 5 heteroatoms. The van der Waals surface area contributed by atoms with Crippen LogP contribution in [0.15, 0.2) is 11.5 Å². The third-order valence-electron chi connectivity index (χ3n) is 3.94. The minimum atomic E-state index is -0.287. The summed E-state index contributed by atoms with van der Waals surface area (Å²) >= 11 is 0. The summed E-state index contributed by atoms with van der Waals surface area (Å²) in [4.78, 5) is 1.73. The summed E-state index contributed by atoms with van der Waals surface area (Å²) in [5.74, 6) is 0. The summed E-state index contributed by atoms with van der Waals surface area (Å²) in [6, 6.07) is 0. The second kappa shape index (κ2) is 4.04. The van der Waals surface area contributed by atoms with E-state index in [0.717, 1.165) is 18.4 Å². The van der Waals surface area contributed by atoms with Gasteiger partial charge in [-0.25, -0.2) is 0 Å². The molecular formula is C12H19BN2O2. The molecule has 0 aliphatic carbocycles. The molecule has 2 aliphatic rings. The van der Waals surface area contributed by atoms with Crippen LogP contribution in [0, 0.1) is 11.5 Å². The molecule has 0 radical (unpaired) electrons. The third-order valence-corrected chi connectivity index (χ3v) is 3.94. The first-order valence-corrected chi connectivity index (χ1v) is 6.05. The minimum Gasteiger partial charge on any atom is -0.400 e. The molecule has 1 fully saturated rings. The van der Waals surface area contributed by atoms with Gasteiger partial charge in [-0.15, -0.1) is 0 Å². The monoisotopic (exact) mass is 234 g/mol. The van der Waals surface area contributed by atoms with E-state index < -0.39 is 0 Å². The second-order valence-corrected chi connectivity index (χ2v) is 5.66. The zero-order chi connectivity index (χ0) is 12.7. The van der Waals surface area contributed by atoms with Gasteiger partial charge in [0.1, 0.15) is 0 Å². The normalized spacial score (nSPS) is 26.6. The molecule has 0 aromatic rings. The maximum Gasteiger partial charge on any atom is 0.490 e. The third kappa shape index (κ3) is 2.20. The molecule has 0 aromatic carbocycles.